The van der Waals surface area contributed by atoms with E-state index in [2.05, 4.69) is 6.92 Å². The molecular formula is C37H66O7. The topological polar surface area (TPSA) is 116 Å². The van der Waals surface area contributed by atoms with E-state index in [1.54, 1.807) is 0 Å². The zero-order valence-corrected chi connectivity index (χ0v) is 28.1. The number of aliphatic hydroxyl groups excluding tert-OH is 4. The number of hydrogen-bond acceptors (Lipinski definition) is 7. The van der Waals surface area contributed by atoms with E-state index in [0.717, 1.165) is 76.2 Å². The van der Waals surface area contributed by atoms with Gasteiger partial charge in [-0.05, 0) is 77.2 Å². The van der Waals surface area contributed by atoms with Crippen LogP contribution in [0.5, 0.6) is 0 Å². The van der Waals surface area contributed by atoms with Gasteiger partial charge < -0.3 is 29.9 Å². The number of carbonyl (C=O) groups excluding carboxylic acids is 1. The molecule has 2 rings (SSSR count). The van der Waals surface area contributed by atoms with Gasteiger partial charge in [0.15, 0.2) is 0 Å². The van der Waals surface area contributed by atoms with Gasteiger partial charge in [-0.15, -0.1) is 0 Å². The van der Waals surface area contributed by atoms with Gasteiger partial charge >= 0.3 is 5.97 Å². The molecular weight excluding hydrogens is 556 g/mol. The van der Waals surface area contributed by atoms with Gasteiger partial charge in [0.1, 0.15) is 6.10 Å². The number of carbonyl (C=O) groups is 1. The summed E-state index contributed by atoms with van der Waals surface area (Å²) < 4.78 is 11.1. The second kappa shape index (κ2) is 24.0. The van der Waals surface area contributed by atoms with E-state index >= 15 is 0 Å². The number of esters is 1. The molecule has 44 heavy (non-hydrogen) atoms. The Balaban J connectivity index is 1.44. The molecule has 0 aromatic carbocycles. The first-order valence-electron chi connectivity index (χ1n) is 18.3. The zero-order valence-electron chi connectivity index (χ0n) is 28.1. The van der Waals surface area contributed by atoms with E-state index in [1.165, 1.54) is 51.4 Å². The van der Waals surface area contributed by atoms with Crippen LogP contribution in [0, 0.1) is 0 Å². The molecule has 256 valence electrons. The molecule has 0 bridgehead atoms. The molecule has 0 amide bonds. The van der Waals surface area contributed by atoms with Crippen molar-refractivity contribution in [1.82, 2.24) is 0 Å². The third kappa shape index (κ3) is 17.4. The quantitative estimate of drug-likeness (QED) is 0.0423. The molecule has 2 heterocycles. The zero-order chi connectivity index (χ0) is 32.0. The highest BCUT2D eigenvalue weighted by Gasteiger charge is 2.34. The smallest absolute Gasteiger partial charge is 0.334 e. The van der Waals surface area contributed by atoms with Crippen LogP contribution >= 0.6 is 0 Å². The summed E-state index contributed by atoms with van der Waals surface area (Å²) in [5.74, 6) is -0.170. The minimum Gasteiger partial charge on any atom is -0.455 e. The SMILES string of the molecule is CCCCCCCCCCC[C@@H](O)/C=C/CC[C@@H](O)[C@H]1CC[C@H]([C@H](O)CC[C@H](O)CCCCCCCC2=C[C@H](C)OC2=O)O1. The summed E-state index contributed by atoms with van der Waals surface area (Å²) in [6.45, 7) is 4.13. The molecule has 0 radical (unpaired) electrons. The van der Waals surface area contributed by atoms with Crippen LogP contribution in [0.25, 0.3) is 0 Å². The van der Waals surface area contributed by atoms with Crippen LogP contribution in [0.2, 0.25) is 0 Å². The lowest BCUT2D eigenvalue weighted by atomic mass is 9.99. The lowest BCUT2D eigenvalue weighted by Crippen LogP contribution is -2.31. The summed E-state index contributed by atoms with van der Waals surface area (Å²) in [5.41, 5.74) is 0.807. The lowest BCUT2D eigenvalue weighted by Gasteiger charge is -2.22. The Morgan fingerprint density at radius 1 is 0.750 bits per heavy atom. The van der Waals surface area contributed by atoms with Crippen molar-refractivity contribution >= 4 is 5.97 Å². The molecule has 2 aliphatic rings. The average Bonchev–Trinajstić information content (AvgIpc) is 3.62. The van der Waals surface area contributed by atoms with E-state index in [9.17, 15) is 25.2 Å². The molecule has 0 spiro atoms. The molecule has 0 aliphatic carbocycles. The second-order valence-corrected chi connectivity index (χ2v) is 13.5. The van der Waals surface area contributed by atoms with Gasteiger partial charge in [-0.2, -0.15) is 0 Å². The van der Waals surface area contributed by atoms with E-state index in [-0.39, 0.29) is 24.3 Å². The van der Waals surface area contributed by atoms with Crippen molar-refractivity contribution in [1.29, 1.82) is 0 Å². The van der Waals surface area contributed by atoms with E-state index < -0.39 is 24.4 Å². The minimum atomic E-state index is -0.628. The molecule has 2 aliphatic heterocycles. The number of aliphatic hydroxyl groups is 4. The first-order chi connectivity index (χ1) is 21.3. The molecule has 1 saturated heterocycles. The summed E-state index contributed by atoms with van der Waals surface area (Å²) in [4.78, 5) is 11.6. The molecule has 7 heteroatoms. The van der Waals surface area contributed by atoms with Crippen LogP contribution in [0.3, 0.4) is 0 Å². The Morgan fingerprint density at radius 2 is 1.32 bits per heavy atom. The highest BCUT2D eigenvalue weighted by Crippen LogP contribution is 2.28. The summed E-state index contributed by atoms with van der Waals surface area (Å²) >= 11 is 0. The molecule has 0 aromatic rings. The fraction of sp³-hybridized carbons (Fsp3) is 0.865. The fourth-order valence-electron chi connectivity index (χ4n) is 6.46. The molecule has 1 fully saturated rings. The summed E-state index contributed by atoms with van der Waals surface area (Å²) in [6.07, 6.45) is 25.8. The predicted molar refractivity (Wildman–Crippen MR) is 177 cm³/mol. The van der Waals surface area contributed by atoms with Gasteiger partial charge in [-0.1, -0.05) is 103 Å². The third-order valence-electron chi connectivity index (χ3n) is 9.30. The number of cyclic esters (lactones) is 1. The van der Waals surface area contributed by atoms with E-state index in [4.69, 9.17) is 9.47 Å². The lowest BCUT2D eigenvalue weighted by molar-refractivity contribution is -0.139. The molecule has 7 atom stereocenters. The van der Waals surface area contributed by atoms with Crippen LogP contribution in [0.4, 0.5) is 0 Å². The van der Waals surface area contributed by atoms with Gasteiger partial charge in [0.05, 0.1) is 36.6 Å². The average molecular weight is 623 g/mol. The van der Waals surface area contributed by atoms with Crippen LogP contribution in [-0.4, -0.2) is 69.1 Å². The van der Waals surface area contributed by atoms with Crippen LogP contribution in [0.1, 0.15) is 162 Å². The molecule has 4 N–H and O–H groups in total. The van der Waals surface area contributed by atoms with Crippen molar-refractivity contribution in [3.63, 3.8) is 0 Å². The molecule has 0 unspecified atom stereocenters. The van der Waals surface area contributed by atoms with Crippen LogP contribution in [0.15, 0.2) is 23.8 Å². The van der Waals surface area contributed by atoms with Crippen molar-refractivity contribution < 1.29 is 34.7 Å². The monoisotopic (exact) mass is 622 g/mol. The maximum atomic E-state index is 11.6. The van der Waals surface area contributed by atoms with Gasteiger partial charge in [0.25, 0.3) is 0 Å². The van der Waals surface area contributed by atoms with Gasteiger partial charge in [0, 0.05) is 5.57 Å². The number of ether oxygens (including phenoxy) is 2. The highest BCUT2D eigenvalue weighted by atomic mass is 16.5. The van der Waals surface area contributed by atoms with E-state index in [1.807, 2.05) is 25.2 Å². The van der Waals surface area contributed by atoms with Crippen molar-refractivity contribution in [3.05, 3.63) is 23.8 Å². The van der Waals surface area contributed by atoms with Crippen molar-refractivity contribution in [2.45, 2.75) is 204 Å². The maximum absolute atomic E-state index is 11.6. The van der Waals surface area contributed by atoms with Crippen LogP contribution in [-0.2, 0) is 14.3 Å². The van der Waals surface area contributed by atoms with Crippen molar-refractivity contribution in [2.24, 2.45) is 0 Å². The normalized spacial score (nSPS) is 23.2. The maximum Gasteiger partial charge on any atom is 0.334 e. The second-order valence-electron chi connectivity index (χ2n) is 13.5. The molecule has 0 aromatic heterocycles. The Kier molecular flexibility index (Phi) is 21.2. The Bertz CT molecular complexity index is 797. The fourth-order valence-corrected chi connectivity index (χ4v) is 6.46. The summed E-state index contributed by atoms with van der Waals surface area (Å²) in [7, 11) is 0. The largest absolute Gasteiger partial charge is 0.455 e. The van der Waals surface area contributed by atoms with Gasteiger partial charge in [-0.25, -0.2) is 4.79 Å². The molecule has 7 nitrogen and oxygen atoms in total. The van der Waals surface area contributed by atoms with Gasteiger partial charge in [-0.3, -0.25) is 0 Å². The van der Waals surface area contributed by atoms with Crippen LogP contribution < -0.4 is 0 Å². The standard InChI is InChI=1S/C37H66O7/c1-3-4-5-6-7-8-9-12-15-20-31(38)22-17-18-23-33(40)35-26-27-36(44-35)34(41)25-24-32(39)21-16-13-10-11-14-19-30-28-29(2)43-37(30)42/h17,22,28-29,31-36,38-41H,3-16,18-21,23-27H2,1-2H3/b22-17+/t29-,31+,32+,33+,34+,35+,36+/m0/s1. The number of allylic oxidation sites excluding steroid dienone is 1. The number of hydrogen-bond donors (Lipinski definition) is 4. The van der Waals surface area contributed by atoms with E-state index in [0.29, 0.717) is 25.7 Å². The number of rotatable bonds is 27. The Hall–Kier alpha value is -1.25. The number of unbranched alkanes of at least 4 members (excludes halogenated alkanes) is 12. The predicted octanol–water partition coefficient (Wildman–Crippen LogP) is 7.62. The third-order valence-corrected chi connectivity index (χ3v) is 9.30. The summed E-state index contributed by atoms with van der Waals surface area (Å²) in [5, 5.41) is 41.8. The first-order valence-corrected chi connectivity index (χ1v) is 18.3. The Morgan fingerprint density at radius 3 is 1.93 bits per heavy atom. The minimum absolute atomic E-state index is 0.0938. The highest BCUT2D eigenvalue weighted by molar-refractivity contribution is 5.90. The first kappa shape index (κ1) is 38.9. The van der Waals surface area contributed by atoms with Crippen molar-refractivity contribution in [3.8, 4) is 0 Å². The Labute approximate surface area is 268 Å². The summed E-state index contributed by atoms with van der Waals surface area (Å²) in [6, 6.07) is 0. The van der Waals surface area contributed by atoms with Crippen molar-refractivity contribution in [2.75, 3.05) is 0 Å². The van der Waals surface area contributed by atoms with Gasteiger partial charge in [0.2, 0.25) is 0 Å². The molecule has 0 saturated carbocycles.